The standard InChI is InChI=1S/C12H16N2O4S/c1-8-10(11(15)16)6-9(18-8)7-13-12(17)14-2-4-19-5-3-14/h6H,2-5,7H2,1H3,(H,13,17)(H,15,16). The van der Waals surface area contributed by atoms with E-state index in [-0.39, 0.29) is 18.1 Å². The van der Waals surface area contributed by atoms with Gasteiger partial charge in [0.25, 0.3) is 0 Å². The summed E-state index contributed by atoms with van der Waals surface area (Å²) >= 11 is 1.83. The van der Waals surface area contributed by atoms with E-state index in [2.05, 4.69) is 5.32 Å². The molecule has 6 nitrogen and oxygen atoms in total. The van der Waals surface area contributed by atoms with Gasteiger partial charge in [0.05, 0.1) is 6.54 Å². The fourth-order valence-electron chi connectivity index (χ4n) is 1.88. The maximum Gasteiger partial charge on any atom is 0.339 e. The summed E-state index contributed by atoms with van der Waals surface area (Å²) in [5, 5.41) is 11.6. The highest BCUT2D eigenvalue weighted by atomic mass is 32.2. The molecule has 1 fully saturated rings. The lowest BCUT2D eigenvalue weighted by atomic mass is 10.2. The highest BCUT2D eigenvalue weighted by molar-refractivity contribution is 7.99. The zero-order valence-corrected chi connectivity index (χ0v) is 11.5. The summed E-state index contributed by atoms with van der Waals surface area (Å²) < 4.78 is 5.30. The van der Waals surface area contributed by atoms with E-state index in [9.17, 15) is 9.59 Å². The first-order valence-electron chi connectivity index (χ1n) is 6.01. The van der Waals surface area contributed by atoms with Gasteiger partial charge in [-0.2, -0.15) is 11.8 Å². The molecule has 0 aromatic carbocycles. The Balaban J connectivity index is 1.89. The second-order valence-electron chi connectivity index (χ2n) is 4.25. The third-order valence-electron chi connectivity index (χ3n) is 2.91. The molecule has 2 rings (SSSR count). The molecule has 2 N–H and O–H groups in total. The van der Waals surface area contributed by atoms with Crippen LogP contribution in [0.25, 0.3) is 0 Å². The van der Waals surface area contributed by atoms with Gasteiger partial charge < -0.3 is 19.7 Å². The Labute approximate surface area is 115 Å². The van der Waals surface area contributed by atoms with Crippen molar-refractivity contribution >= 4 is 23.8 Å². The Morgan fingerprint density at radius 2 is 2.16 bits per heavy atom. The van der Waals surface area contributed by atoms with Crippen LogP contribution in [0.4, 0.5) is 4.79 Å². The van der Waals surface area contributed by atoms with Crippen LogP contribution in [0, 0.1) is 6.92 Å². The van der Waals surface area contributed by atoms with Crippen molar-refractivity contribution in [1.82, 2.24) is 10.2 Å². The number of thioether (sulfide) groups is 1. The van der Waals surface area contributed by atoms with Gasteiger partial charge in [0, 0.05) is 24.6 Å². The fourth-order valence-corrected chi connectivity index (χ4v) is 2.79. The van der Waals surface area contributed by atoms with Gasteiger partial charge in [0.15, 0.2) is 0 Å². The topological polar surface area (TPSA) is 82.8 Å². The molecule has 0 saturated carbocycles. The van der Waals surface area contributed by atoms with E-state index in [1.807, 2.05) is 11.8 Å². The number of aryl methyl sites for hydroxylation is 1. The first-order valence-corrected chi connectivity index (χ1v) is 7.16. The SMILES string of the molecule is Cc1oc(CNC(=O)N2CCSCC2)cc1C(=O)O. The predicted octanol–water partition coefficient (Wildman–Crippen LogP) is 1.54. The lowest BCUT2D eigenvalue weighted by Gasteiger charge is -2.26. The normalized spacial score (nSPS) is 15.3. The van der Waals surface area contributed by atoms with Gasteiger partial charge in [-0.05, 0) is 13.0 Å². The van der Waals surface area contributed by atoms with Gasteiger partial charge in [0.1, 0.15) is 17.1 Å². The summed E-state index contributed by atoms with van der Waals surface area (Å²) in [6.07, 6.45) is 0. The minimum absolute atomic E-state index is 0.133. The summed E-state index contributed by atoms with van der Waals surface area (Å²) in [6, 6.07) is 1.32. The number of carboxylic acids is 1. The van der Waals surface area contributed by atoms with Crippen molar-refractivity contribution in [2.75, 3.05) is 24.6 Å². The van der Waals surface area contributed by atoms with E-state index in [1.54, 1.807) is 11.8 Å². The Bertz CT molecular complexity index is 480. The van der Waals surface area contributed by atoms with E-state index < -0.39 is 5.97 Å². The van der Waals surface area contributed by atoms with Crippen LogP contribution in [0.3, 0.4) is 0 Å². The van der Waals surface area contributed by atoms with E-state index in [0.717, 1.165) is 24.6 Å². The average Bonchev–Trinajstić information content (AvgIpc) is 2.78. The van der Waals surface area contributed by atoms with Crippen molar-refractivity contribution in [1.29, 1.82) is 0 Å². The minimum atomic E-state index is -1.02. The van der Waals surface area contributed by atoms with Crippen molar-refractivity contribution in [3.05, 3.63) is 23.2 Å². The number of nitrogens with one attached hydrogen (secondary N) is 1. The van der Waals surface area contributed by atoms with Crippen LogP contribution in [0.2, 0.25) is 0 Å². The predicted molar refractivity (Wildman–Crippen MR) is 71.5 cm³/mol. The molecule has 0 bridgehead atoms. The van der Waals surface area contributed by atoms with Crippen LogP contribution in [0.5, 0.6) is 0 Å². The van der Waals surface area contributed by atoms with Crippen molar-refractivity contribution in [3.63, 3.8) is 0 Å². The lowest BCUT2D eigenvalue weighted by Crippen LogP contribution is -2.44. The third kappa shape index (κ3) is 3.44. The van der Waals surface area contributed by atoms with Gasteiger partial charge in [-0.1, -0.05) is 0 Å². The van der Waals surface area contributed by atoms with Crippen LogP contribution in [-0.4, -0.2) is 46.6 Å². The van der Waals surface area contributed by atoms with Crippen molar-refractivity contribution in [3.8, 4) is 0 Å². The van der Waals surface area contributed by atoms with Crippen molar-refractivity contribution in [2.45, 2.75) is 13.5 Å². The quantitative estimate of drug-likeness (QED) is 0.880. The number of furan rings is 1. The molecule has 1 saturated heterocycles. The molecular formula is C12H16N2O4S. The van der Waals surface area contributed by atoms with E-state index in [1.165, 1.54) is 6.07 Å². The molecule has 7 heteroatoms. The smallest absolute Gasteiger partial charge is 0.339 e. The number of amides is 2. The number of rotatable bonds is 3. The number of carboxylic acid groups (broad SMARTS) is 1. The number of nitrogens with zero attached hydrogens (tertiary/aromatic N) is 1. The highest BCUT2D eigenvalue weighted by Crippen LogP contribution is 2.15. The molecule has 19 heavy (non-hydrogen) atoms. The molecule has 2 amide bonds. The number of hydrogen-bond acceptors (Lipinski definition) is 4. The number of carbonyl (C=O) groups is 2. The summed E-state index contributed by atoms with van der Waals surface area (Å²) in [5.74, 6) is 1.69. The Morgan fingerprint density at radius 1 is 1.47 bits per heavy atom. The summed E-state index contributed by atoms with van der Waals surface area (Å²) in [6.45, 7) is 3.29. The molecule has 0 spiro atoms. The van der Waals surface area contributed by atoms with Crippen LogP contribution in [0.1, 0.15) is 21.9 Å². The highest BCUT2D eigenvalue weighted by Gasteiger charge is 2.18. The summed E-state index contributed by atoms with van der Waals surface area (Å²) in [7, 11) is 0. The van der Waals surface area contributed by atoms with E-state index in [0.29, 0.717) is 11.5 Å². The second-order valence-corrected chi connectivity index (χ2v) is 5.47. The molecule has 2 heterocycles. The summed E-state index contributed by atoms with van der Waals surface area (Å²) in [5.41, 5.74) is 0.138. The average molecular weight is 284 g/mol. The number of hydrogen-bond donors (Lipinski definition) is 2. The second kappa shape index (κ2) is 6.01. The van der Waals surface area contributed by atoms with Crippen LogP contribution >= 0.6 is 11.8 Å². The molecule has 104 valence electrons. The number of carbonyl (C=O) groups excluding carboxylic acids is 1. The van der Waals surface area contributed by atoms with E-state index >= 15 is 0 Å². The van der Waals surface area contributed by atoms with Gasteiger partial charge in [-0.25, -0.2) is 9.59 Å². The molecule has 0 aliphatic carbocycles. The van der Waals surface area contributed by atoms with Crippen LogP contribution < -0.4 is 5.32 Å². The molecule has 1 aromatic heterocycles. The van der Waals surface area contributed by atoms with Gasteiger partial charge in [-0.3, -0.25) is 0 Å². The summed E-state index contributed by atoms with van der Waals surface area (Å²) in [4.78, 5) is 24.5. The maximum atomic E-state index is 11.8. The van der Waals surface area contributed by atoms with Gasteiger partial charge >= 0.3 is 12.0 Å². The molecule has 1 aromatic rings. The van der Waals surface area contributed by atoms with Gasteiger partial charge in [-0.15, -0.1) is 0 Å². The molecular weight excluding hydrogens is 268 g/mol. The maximum absolute atomic E-state index is 11.8. The molecule has 0 radical (unpaired) electrons. The molecule has 1 aliphatic rings. The third-order valence-corrected chi connectivity index (χ3v) is 3.85. The zero-order valence-electron chi connectivity index (χ0n) is 10.6. The molecule has 0 atom stereocenters. The van der Waals surface area contributed by atoms with Gasteiger partial charge in [0.2, 0.25) is 0 Å². The lowest BCUT2D eigenvalue weighted by molar-refractivity contribution is 0.0695. The van der Waals surface area contributed by atoms with Crippen LogP contribution in [0.15, 0.2) is 10.5 Å². The zero-order chi connectivity index (χ0) is 13.8. The van der Waals surface area contributed by atoms with Crippen molar-refractivity contribution in [2.24, 2.45) is 0 Å². The van der Waals surface area contributed by atoms with Crippen molar-refractivity contribution < 1.29 is 19.1 Å². The molecule has 1 aliphatic heterocycles. The Kier molecular flexibility index (Phi) is 4.36. The Hall–Kier alpha value is -1.63. The fraction of sp³-hybridized carbons (Fsp3) is 0.500. The number of aromatic carboxylic acids is 1. The molecule has 0 unspecified atom stereocenters. The minimum Gasteiger partial charge on any atom is -0.478 e. The first kappa shape index (κ1) is 13.8. The Morgan fingerprint density at radius 3 is 2.74 bits per heavy atom. The van der Waals surface area contributed by atoms with E-state index in [4.69, 9.17) is 9.52 Å². The number of urea groups is 1. The van der Waals surface area contributed by atoms with Crippen LogP contribution in [-0.2, 0) is 6.54 Å². The first-order chi connectivity index (χ1) is 9.08. The monoisotopic (exact) mass is 284 g/mol. The largest absolute Gasteiger partial charge is 0.478 e.